The van der Waals surface area contributed by atoms with Gasteiger partial charge in [0.1, 0.15) is 0 Å². The van der Waals surface area contributed by atoms with Crippen LogP contribution >= 0.6 is 0 Å². The van der Waals surface area contributed by atoms with Gasteiger partial charge in [0.15, 0.2) is 9.84 Å². The average Bonchev–Trinajstić information content (AvgIpc) is 2.76. The smallest absolute Gasteiger partial charge is 0.329 e. The highest BCUT2D eigenvalue weighted by atomic mass is 32.2. The largest absolute Gasteiger partial charge is 0.418 e. The Morgan fingerprint density at radius 1 is 1.06 bits per heavy atom. The summed E-state index contributed by atoms with van der Waals surface area (Å²) in [5.41, 5.74) is -2.64. The Morgan fingerprint density at radius 3 is 2.33 bits per heavy atom. The lowest BCUT2D eigenvalue weighted by molar-refractivity contribution is -0.138. The molecular weight excluding hydrogens is 512 g/mol. The Bertz CT molecular complexity index is 1300. The normalized spacial score (nSPS) is 19.4. The number of amides is 2. The van der Waals surface area contributed by atoms with Crippen LogP contribution in [0.5, 0.6) is 0 Å². The van der Waals surface area contributed by atoms with Crippen molar-refractivity contribution in [3.63, 3.8) is 0 Å². The molecule has 194 valence electrons. The molecule has 1 aromatic carbocycles. The standard InChI is InChI=1S/C23H21F6N3O3S/c1-13-11-14(22(24,25)26)8-9-17(13)19(20-18(23(27,28)29)7-4-10-30-20)32-21(33)31-15-5-3-6-16(12-15)36(2,34)35/h3-13,17,19H,1-2H3,(H2,31,32,33). The minimum atomic E-state index is -4.85. The molecule has 3 unspecified atom stereocenters. The van der Waals surface area contributed by atoms with Crippen molar-refractivity contribution >= 4 is 21.6 Å². The van der Waals surface area contributed by atoms with Crippen LogP contribution in [0.4, 0.5) is 36.8 Å². The summed E-state index contributed by atoms with van der Waals surface area (Å²) in [5, 5.41) is 4.74. The van der Waals surface area contributed by atoms with Gasteiger partial charge in [0.25, 0.3) is 0 Å². The van der Waals surface area contributed by atoms with Crippen molar-refractivity contribution in [2.24, 2.45) is 11.8 Å². The second-order valence-corrected chi connectivity index (χ2v) is 10.2. The summed E-state index contributed by atoms with van der Waals surface area (Å²) in [7, 11) is -3.61. The number of nitrogens with one attached hydrogen (secondary N) is 2. The first-order valence-electron chi connectivity index (χ1n) is 10.4. The van der Waals surface area contributed by atoms with Crippen molar-refractivity contribution in [3.8, 4) is 0 Å². The van der Waals surface area contributed by atoms with Gasteiger partial charge in [0.05, 0.1) is 27.8 Å². The van der Waals surface area contributed by atoms with E-state index < -0.39 is 62.9 Å². The maximum absolute atomic E-state index is 13.7. The third-order valence-corrected chi connectivity index (χ3v) is 6.62. The molecule has 2 amide bonds. The molecule has 36 heavy (non-hydrogen) atoms. The maximum Gasteiger partial charge on any atom is 0.418 e. The van der Waals surface area contributed by atoms with Gasteiger partial charge < -0.3 is 10.6 Å². The zero-order chi connectivity index (χ0) is 26.9. The van der Waals surface area contributed by atoms with Crippen molar-refractivity contribution in [2.45, 2.75) is 30.2 Å². The van der Waals surface area contributed by atoms with Gasteiger partial charge in [-0.1, -0.05) is 31.2 Å². The van der Waals surface area contributed by atoms with Crippen molar-refractivity contribution in [1.29, 1.82) is 0 Å². The Morgan fingerprint density at radius 2 is 1.75 bits per heavy atom. The summed E-state index contributed by atoms with van der Waals surface area (Å²) in [4.78, 5) is 16.5. The number of carbonyl (C=O) groups is 1. The number of urea groups is 1. The van der Waals surface area contributed by atoms with Gasteiger partial charge in [-0.15, -0.1) is 0 Å². The third kappa shape index (κ3) is 6.45. The minimum absolute atomic E-state index is 0.0396. The van der Waals surface area contributed by atoms with Crippen LogP contribution in [0.3, 0.4) is 0 Å². The molecule has 0 fully saturated rings. The number of anilines is 1. The number of carbonyl (C=O) groups excluding carboxylic acids is 1. The number of rotatable bonds is 5. The number of halogens is 6. The minimum Gasteiger partial charge on any atom is -0.329 e. The number of nitrogens with zero attached hydrogens (tertiary/aromatic N) is 1. The lowest BCUT2D eigenvalue weighted by atomic mass is 9.79. The van der Waals surface area contributed by atoms with Crippen LogP contribution in [0, 0.1) is 11.8 Å². The zero-order valence-electron chi connectivity index (χ0n) is 18.9. The molecule has 0 radical (unpaired) electrons. The fourth-order valence-corrected chi connectivity index (χ4v) is 4.48. The molecule has 0 saturated heterocycles. The van der Waals surface area contributed by atoms with Crippen molar-refractivity contribution in [1.82, 2.24) is 10.3 Å². The predicted molar refractivity (Wildman–Crippen MR) is 120 cm³/mol. The lowest BCUT2D eigenvalue weighted by Crippen LogP contribution is -2.40. The van der Waals surface area contributed by atoms with Crippen molar-refractivity contribution in [3.05, 3.63) is 77.7 Å². The average molecular weight is 533 g/mol. The van der Waals surface area contributed by atoms with E-state index in [1.54, 1.807) is 0 Å². The maximum atomic E-state index is 13.7. The Hall–Kier alpha value is -3.35. The van der Waals surface area contributed by atoms with Gasteiger partial charge in [-0.05, 0) is 36.2 Å². The van der Waals surface area contributed by atoms with E-state index in [0.717, 1.165) is 48.9 Å². The number of alkyl halides is 6. The van der Waals surface area contributed by atoms with Crippen molar-refractivity contribution in [2.75, 3.05) is 11.6 Å². The second kappa shape index (κ2) is 9.96. The molecule has 1 aliphatic rings. The van der Waals surface area contributed by atoms with E-state index >= 15 is 0 Å². The summed E-state index contributed by atoms with van der Waals surface area (Å²) in [6, 6.07) is 4.53. The van der Waals surface area contributed by atoms with Gasteiger partial charge in [-0.25, -0.2) is 13.2 Å². The van der Waals surface area contributed by atoms with Crippen LogP contribution in [0.25, 0.3) is 0 Å². The fraction of sp³-hybridized carbons (Fsp3) is 0.304. The highest BCUT2D eigenvalue weighted by Crippen LogP contribution is 2.41. The van der Waals surface area contributed by atoms with Gasteiger partial charge in [0, 0.05) is 24.1 Å². The van der Waals surface area contributed by atoms with Crippen molar-refractivity contribution < 1.29 is 39.6 Å². The molecule has 2 N–H and O–H groups in total. The summed E-state index contributed by atoms with van der Waals surface area (Å²) < 4.78 is 104. The highest BCUT2D eigenvalue weighted by Gasteiger charge is 2.41. The number of sulfone groups is 1. The van der Waals surface area contributed by atoms with Crippen LogP contribution in [0.2, 0.25) is 0 Å². The SMILES string of the molecule is CC1C=C(C(F)(F)F)C=CC1C(NC(=O)Nc1cccc(S(C)(=O)=O)c1)c1ncccc1C(F)(F)F. The molecule has 0 saturated carbocycles. The highest BCUT2D eigenvalue weighted by molar-refractivity contribution is 7.90. The van der Waals surface area contributed by atoms with Gasteiger partial charge >= 0.3 is 18.4 Å². The fourth-order valence-electron chi connectivity index (χ4n) is 3.81. The summed E-state index contributed by atoms with van der Waals surface area (Å²) >= 11 is 0. The van der Waals surface area contributed by atoms with Crippen LogP contribution in [0.1, 0.15) is 24.2 Å². The molecule has 1 heterocycles. The van der Waals surface area contributed by atoms with E-state index in [1.165, 1.54) is 25.1 Å². The summed E-state index contributed by atoms with van der Waals surface area (Å²) in [6.07, 6.45) is -4.73. The van der Waals surface area contributed by atoms with E-state index in [1.807, 2.05) is 0 Å². The summed E-state index contributed by atoms with van der Waals surface area (Å²) in [5.74, 6) is -1.94. The second-order valence-electron chi connectivity index (χ2n) is 8.23. The van der Waals surface area contributed by atoms with Gasteiger partial charge in [-0.2, -0.15) is 26.3 Å². The molecule has 0 spiro atoms. The molecule has 3 atom stereocenters. The van der Waals surface area contributed by atoms with E-state index in [2.05, 4.69) is 15.6 Å². The first-order chi connectivity index (χ1) is 16.6. The zero-order valence-corrected chi connectivity index (χ0v) is 19.7. The van der Waals surface area contributed by atoms with Gasteiger partial charge in [0.2, 0.25) is 0 Å². The predicted octanol–water partition coefficient (Wildman–Crippen LogP) is 5.68. The number of hydrogen-bond acceptors (Lipinski definition) is 4. The number of benzene rings is 1. The first kappa shape index (κ1) is 27.2. The molecule has 3 rings (SSSR count). The van der Waals surface area contributed by atoms with Gasteiger partial charge in [-0.3, -0.25) is 4.98 Å². The molecule has 6 nitrogen and oxygen atoms in total. The summed E-state index contributed by atoms with van der Waals surface area (Å²) in [6.45, 7) is 1.39. The monoisotopic (exact) mass is 533 g/mol. The van der Waals surface area contributed by atoms with Crippen LogP contribution < -0.4 is 10.6 Å². The Labute approximate surface area is 203 Å². The third-order valence-electron chi connectivity index (χ3n) is 5.50. The van der Waals surface area contributed by atoms with E-state index in [4.69, 9.17) is 0 Å². The molecule has 0 bridgehead atoms. The Kier molecular flexibility index (Phi) is 7.53. The van der Waals surface area contributed by atoms with E-state index in [0.29, 0.717) is 0 Å². The molecule has 13 heteroatoms. The molecule has 1 aliphatic carbocycles. The van der Waals surface area contributed by atoms with Crippen LogP contribution in [-0.2, 0) is 16.0 Å². The molecular formula is C23H21F6N3O3S. The van der Waals surface area contributed by atoms with E-state index in [-0.39, 0.29) is 10.6 Å². The quantitative estimate of drug-likeness (QED) is 0.485. The topological polar surface area (TPSA) is 88.2 Å². The lowest BCUT2D eigenvalue weighted by Gasteiger charge is -2.32. The number of hydrogen-bond donors (Lipinski definition) is 2. The molecule has 2 aromatic rings. The first-order valence-corrected chi connectivity index (χ1v) is 12.3. The molecule has 1 aromatic heterocycles. The number of pyridine rings is 1. The van der Waals surface area contributed by atoms with E-state index in [9.17, 15) is 39.6 Å². The number of allylic oxidation sites excluding steroid dienone is 3. The van der Waals surface area contributed by atoms with Crippen LogP contribution in [0.15, 0.2) is 71.3 Å². The number of aromatic nitrogens is 1. The Balaban J connectivity index is 1.98. The molecule has 0 aliphatic heterocycles. The van der Waals surface area contributed by atoms with Crippen LogP contribution in [-0.4, -0.2) is 31.9 Å².